The van der Waals surface area contributed by atoms with Gasteiger partial charge in [-0.15, -0.1) is 0 Å². The Morgan fingerprint density at radius 2 is 0.541 bits per heavy atom. The molecular weight excluding hydrogens is 773 g/mol. The Kier molecular flexibility index (Phi) is 32.3. The summed E-state index contributed by atoms with van der Waals surface area (Å²) in [6.45, 7) is 31.7. The average Bonchev–Trinajstić information content (AvgIpc) is 3.16. The number of nitrogens with one attached hydrogen (secondary N) is 10. The van der Waals surface area contributed by atoms with Crippen molar-refractivity contribution in [2.75, 3.05) is 32.7 Å². The third-order valence-electron chi connectivity index (χ3n) is 10.1. The van der Waals surface area contributed by atoms with Crippen LogP contribution in [0, 0.1) is 5.92 Å². The van der Waals surface area contributed by atoms with E-state index in [4.69, 9.17) is 0 Å². The minimum absolute atomic E-state index is 0.0517. The van der Waals surface area contributed by atoms with E-state index in [9.17, 15) is 24.0 Å². The molecular formula is C46H94N10O5. The SMILES string of the molecule is CC(C)NCCCC(NC(=O)C(CCCNC(C)C)NC(=O)C(CCCNC(C)C)NC(C)C)C(=O)NC(CCCNC(C)C)C(=O)NC(CCCNC(C)C)C(=O)C(C)C. The molecule has 0 aromatic heterocycles. The number of amides is 4. The zero-order valence-corrected chi connectivity index (χ0v) is 41.1. The van der Waals surface area contributed by atoms with Crippen LogP contribution < -0.4 is 53.2 Å². The van der Waals surface area contributed by atoms with Crippen LogP contribution in [-0.4, -0.2) is 129 Å². The van der Waals surface area contributed by atoms with Gasteiger partial charge in [-0.25, -0.2) is 0 Å². The zero-order chi connectivity index (χ0) is 46.5. The van der Waals surface area contributed by atoms with Crippen LogP contribution in [0.15, 0.2) is 0 Å². The van der Waals surface area contributed by atoms with Crippen molar-refractivity contribution in [1.29, 1.82) is 0 Å². The first kappa shape index (κ1) is 58.3. The van der Waals surface area contributed by atoms with E-state index in [1.807, 2.05) is 55.4 Å². The van der Waals surface area contributed by atoms with Gasteiger partial charge in [0.25, 0.3) is 0 Å². The Morgan fingerprint density at radius 1 is 0.311 bits per heavy atom. The van der Waals surface area contributed by atoms with Gasteiger partial charge in [0.2, 0.25) is 23.6 Å². The quantitative estimate of drug-likeness (QED) is 0.0410. The minimum atomic E-state index is -0.972. The number of hydrogen-bond donors (Lipinski definition) is 10. The maximum Gasteiger partial charge on any atom is 0.243 e. The molecule has 0 aliphatic rings. The van der Waals surface area contributed by atoms with E-state index in [1.165, 1.54) is 0 Å². The van der Waals surface area contributed by atoms with Gasteiger partial charge in [0.05, 0.1) is 12.1 Å². The Morgan fingerprint density at radius 3 is 0.787 bits per heavy atom. The van der Waals surface area contributed by atoms with Crippen LogP contribution in [0.2, 0.25) is 0 Å². The lowest BCUT2D eigenvalue weighted by Gasteiger charge is -2.28. The first-order valence-electron chi connectivity index (χ1n) is 23.8. The third kappa shape index (κ3) is 30.1. The number of hydrogen-bond acceptors (Lipinski definition) is 11. The van der Waals surface area contributed by atoms with Gasteiger partial charge in [0.15, 0.2) is 5.78 Å². The van der Waals surface area contributed by atoms with E-state index in [-0.39, 0.29) is 41.8 Å². The summed E-state index contributed by atoms with van der Waals surface area (Å²) in [5.74, 6) is -1.93. The summed E-state index contributed by atoms with van der Waals surface area (Å²) < 4.78 is 0. The molecule has 10 N–H and O–H groups in total. The van der Waals surface area contributed by atoms with Crippen molar-refractivity contribution in [3.8, 4) is 0 Å². The van der Waals surface area contributed by atoms with E-state index >= 15 is 0 Å². The molecule has 358 valence electrons. The van der Waals surface area contributed by atoms with E-state index < -0.39 is 47.9 Å². The molecule has 0 aromatic rings. The zero-order valence-electron chi connectivity index (χ0n) is 41.1. The van der Waals surface area contributed by atoms with Crippen LogP contribution in [0.25, 0.3) is 0 Å². The second-order valence-electron chi connectivity index (χ2n) is 18.9. The Hall–Kier alpha value is -2.69. The lowest BCUT2D eigenvalue weighted by Crippen LogP contribution is -2.59. The van der Waals surface area contributed by atoms with Crippen molar-refractivity contribution in [3.63, 3.8) is 0 Å². The fourth-order valence-electron chi connectivity index (χ4n) is 6.76. The molecule has 0 rings (SSSR count). The van der Waals surface area contributed by atoms with Gasteiger partial charge in [0.1, 0.15) is 18.1 Å². The summed E-state index contributed by atoms with van der Waals surface area (Å²) in [6.07, 6.45) is 5.38. The van der Waals surface area contributed by atoms with Crippen LogP contribution in [-0.2, 0) is 24.0 Å². The molecule has 0 aromatic carbocycles. The molecule has 0 heterocycles. The molecule has 5 unspecified atom stereocenters. The average molecular weight is 867 g/mol. The van der Waals surface area contributed by atoms with E-state index in [1.54, 1.807) is 0 Å². The van der Waals surface area contributed by atoms with Gasteiger partial charge >= 0.3 is 0 Å². The highest BCUT2D eigenvalue weighted by molar-refractivity contribution is 5.96. The highest BCUT2D eigenvalue weighted by Gasteiger charge is 2.32. The lowest BCUT2D eigenvalue weighted by atomic mass is 9.97. The molecule has 0 saturated carbocycles. The topological polar surface area (TPSA) is 206 Å². The normalized spacial score (nSPS) is 14.5. The Balaban J connectivity index is 6.55. The van der Waals surface area contributed by atoms with Gasteiger partial charge in [-0.1, -0.05) is 96.9 Å². The molecule has 0 aliphatic carbocycles. The van der Waals surface area contributed by atoms with Crippen LogP contribution in [0.1, 0.15) is 161 Å². The monoisotopic (exact) mass is 867 g/mol. The van der Waals surface area contributed by atoms with Crippen molar-refractivity contribution in [3.05, 3.63) is 0 Å². The van der Waals surface area contributed by atoms with E-state index in [0.717, 1.165) is 13.0 Å². The molecule has 4 amide bonds. The molecule has 15 heteroatoms. The van der Waals surface area contributed by atoms with Crippen molar-refractivity contribution >= 4 is 29.4 Å². The highest BCUT2D eigenvalue weighted by Crippen LogP contribution is 2.10. The minimum Gasteiger partial charge on any atom is -0.344 e. The van der Waals surface area contributed by atoms with E-state index in [0.29, 0.717) is 96.1 Å². The maximum atomic E-state index is 14.3. The van der Waals surface area contributed by atoms with Crippen molar-refractivity contribution in [1.82, 2.24) is 53.2 Å². The number of carbonyl (C=O) groups excluding carboxylic acids is 5. The smallest absolute Gasteiger partial charge is 0.243 e. The third-order valence-corrected chi connectivity index (χ3v) is 10.1. The fraction of sp³-hybridized carbons (Fsp3) is 0.891. The summed E-state index contributed by atoms with van der Waals surface area (Å²) in [4.78, 5) is 69.9. The van der Waals surface area contributed by atoms with Gasteiger partial charge < -0.3 is 53.2 Å². The molecule has 0 radical (unpaired) electrons. The molecule has 15 nitrogen and oxygen atoms in total. The number of ketones is 1. The van der Waals surface area contributed by atoms with Crippen LogP contribution in [0.5, 0.6) is 0 Å². The van der Waals surface area contributed by atoms with Gasteiger partial charge in [-0.05, 0) is 96.9 Å². The van der Waals surface area contributed by atoms with E-state index in [2.05, 4.69) is 94.7 Å². The maximum absolute atomic E-state index is 14.3. The molecule has 5 atom stereocenters. The standard InChI is InChI=1S/C46H94N10O5/c1-30(2)42(57)37(20-15-25-47-31(3)4)53-44(59)39(22-17-27-49-33(7)8)55-46(61)41(24-19-29-51-35(11)12)56-45(60)40(23-18-28-50-34(9)10)54-43(58)38(52-36(13)14)21-16-26-48-32(5)6/h30-41,47-52H,15-29H2,1-14H3,(H,53,59)(H,54,58)(H,55,61)(H,56,60). The Labute approximate surface area is 371 Å². The first-order chi connectivity index (χ1) is 28.6. The number of rotatable bonds is 37. The number of carbonyl (C=O) groups is 5. The predicted octanol–water partition coefficient (Wildman–Crippen LogP) is 3.41. The number of Topliss-reactive ketones (excluding diaryl/α,β-unsaturated/α-hetero) is 1. The van der Waals surface area contributed by atoms with Crippen LogP contribution in [0.3, 0.4) is 0 Å². The summed E-state index contributed by atoms with van der Waals surface area (Å²) in [5, 5.41) is 32.3. The van der Waals surface area contributed by atoms with Gasteiger partial charge in [-0.3, -0.25) is 24.0 Å². The molecule has 0 fully saturated rings. The van der Waals surface area contributed by atoms with Gasteiger partial charge in [-0.2, -0.15) is 0 Å². The fourth-order valence-corrected chi connectivity index (χ4v) is 6.76. The second kappa shape index (κ2) is 33.8. The molecule has 0 aliphatic heterocycles. The lowest BCUT2D eigenvalue weighted by molar-refractivity contribution is -0.135. The molecule has 61 heavy (non-hydrogen) atoms. The van der Waals surface area contributed by atoms with Gasteiger partial charge in [0, 0.05) is 42.2 Å². The molecule has 0 saturated heterocycles. The largest absolute Gasteiger partial charge is 0.344 e. The van der Waals surface area contributed by atoms with Crippen molar-refractivity contribution in [2.24, 2.45) is 5.92 Å². The summed E-state index contributed by atoms with van der Waals surface area (Å²) >= 11 is 0. The van der Waals surface area contributed by atoms with Crippen LogP contribution >= 0.6 is 0 Å². The summed E-state index contributed by atoms with van der Waals surface area (Å²) in [6, 6.07) is -2.53. The summed E-state index contributed by atoms with van der Waals surface area (Å²) in [5.41, 5.74) is 0. The van der Waals surface area contributed by atoms with Crippen molar-refractivity contribution in [2.45, 2.75) is 228 Å². The second-order valence-corrected chi connectivity index (χ2v) is 18.9. The van der Waals surface area contributed by atoms with Crippen molar-refractivity contribution < 1.29 is 24.0 Å². The Bertz CT molecular complexity index is 1210. The first-order valence-corrected chi connectivity index (χ1v) is 23.8. The predicted molar refractivity (Wildman–Crippen MR) is 251 cm³/mol. The highest BCUT2D eigenvalue weighted by atomic mass is 16.2. The summed E-state index contributed by atoms with van der Waals surface area (Å²) in [7, 11) is 0. The molecule has 0 bridgehead atoms. The molecule has 0 spiro atoms. The van der Waals surface area contributed by atoms with Crippen LogP contribution in [0.4, 0.5) is 0 Å².